The van der Waals surface area contributed by atoms with Crippen LogP contribution in [-0.2, 0) is 14.4 Å². The number of ether oxygens (including phenoxy) is 1. The fourth-order valence-corrected chi connectivity index (χ4v) is 4.83. The summed E-state index contributed by atoms with van der Waals surface area (Å²) in [5.41, 5.74) is 1.54. The summed E-state index contributed by atoms with van der Waals surface area (Å²) in [5.74, 6) is -0.941. The molecule has 1 aliphatic heterocycles. The van der Waals surface area contributed by atoms with Gasteiger partial charge in [-0.15, -0.1) is 0 Å². The standard InChI is InChI=1S/C24H28N4O4S/c1-32-19-8-5-15(6-9-19)22(28-23(30)17-12-21(29)26-14-17)24(31)27-18-7-10-20(33(2,3)4)16(11-18)13-25/h5-11,17,22H,12,14H2,1-4H3,(H,26,29)(H,27,31)(H,28,30). The molecule has 174 valence electrons. The van der Waals surface area contributed by atoms with Gasteiger partial charge in [0, 0.05) is 23.5 Å². The zero-order valence-electron chi connectivity index (χ0n) is 19.1. The summed E-state index contributed by atoms with van der Waals surface area (Å²) in [5, 5.41) is 17.8. The summed E-state index contributed by atoms with van der Waals surface area (Å²) < 4.78 is 5.18. The number of nitrogens with one attached hydrogen (secondary N) is 3. The van der Waals surface area contributed by atoms with Gasteiger partial charge < -0.3 is 20.7 Å². The highest BCUT2D eigenvalue weighted by Gasteiger charge is 2.32. The Balaban J connectivity index is 1.86. The Labute approximate surface area is 195 Å². The molecule has 0 aromatic heterocycles. The second-order valence-electron chi connectivity index (χ2n) is 8.57. The quantitative estimate of drug-likeness (QED) is 0.577. The lowest BCUT2D eigenvalue weighted by molar-refractivity contribution is -0.129. The van der Waals surface area contributed by atoms with E-state index in [-0.39, 0.29) is 24.8 Å². The molecule has 2 aromatic rings. The first kappa shape index (κ1) is 24.1. The molecule has 0 bridgehead atoms. The van der Waals surface area contributed by atoms with E-state index in [4.69, 9.17) is 4.74 Å². The third kappa shape index (κ3) is 5.84. The number of hydrogen-bond donors (Lipinski definition) is 3. The zero-order valence-corrected chi connectivity index (χ0v) is 19.9. The number of rotatable bonds is 7. The van der Waals surface area contributed by atoms with Crippen molar-refractivity contribution in [2.75, 3.05) is 37.7 Å². The van der Waals surface area contributed by atoms with Crippen LogP contribution >= 0.6 is 10.0 Å². The van der Waals surface area contributed by atoms with E-state index in [1.807, 2.05) is 6.07 Å². The van der Waals surface area contributed by atoms with Crippen LogP contribution in [0.5, 0.6) is 5.75 Å². The summed E-state index contributed by atoms with van der Waals surface area (Å²) in [6, 6.07) is 13.3. The van der Waals surface area contributed by atoms with Crippen molar-refractivity contribution in [1.29, 1.82) is 5.26 Å². The van der Waals surface area contributed by atoms with Crippen molar-refractivity contribution in [3.05, 3.63) is 53.6 Å². The van der Waals surface area contributed by atoms with Crippen molar-refractivity contribution in [3.63, 3.8) is 0 Å². The van der Waals surface area contributed by atoms with Gasteiger partial charge in [0.05, 0.1) is 18.6 Å². The third-order valence-corrected chi connectivity index (χ3v) is 7.05. The summed E-state index contributed by atoms with van der Waals surface area (Å²) in [6.07, 6.45) is 6.38. The number of nitriles is 1. The Hall–Kier alpha value is -3.51. The maximum Gasteiger partial charge on any atom is 0.251 e. The number of carbonyl (C=O) groups excluding carboxylic acids is 3. The lowest BCUT2D eigenvalue weighted by atomic mass is 10.0. The van der Waals surface area contributed by atoms with Crippen LogP contribution in [0.4, 0.5) is 5.69 Å². The van der Waals surface area contributed by atoms with Crippen LogP contribution in [-0.4, -0.2) is 50.1 Å². The van der Waals surface area contributed by atoms with Gasteiger partial charge in [0.15, 0.2) is 0 Å². The topological polar surface area (TPSA) is 120 Å². The fraction of sp³-hybridized carbons (Fsp3) is 0.333. The van der Waals surface area contributed by atoms with Crippen LogP contribution in [0.1, 0.15) is 23.6 Å². The molecule has 3 amide bonds. The molecule has 2 unspecified atom stereocenters. The molecule has 0 spiro atoms. The first-order valence-electron chi connectivity index (χ1n) is 10.4. The van der Waals surface area contributed by atoms with Crippen LogP contribution in [0.15, 0.2) is 47.4 Å². The number of hydrogen-bond acceptors (Lipinski definition) is 5. The summed E-state index contributed by atoms with van der Waals surface area (Å²) in [6.45, 7) is 0.240. The van der Waals surface area contributed by atoms with Gasteiger partial charge in [-0.05, 0) is 54.7 Å². The van der Waals surface area contributed by atoms with Crippen LogP contribution in [0.2, 0.25) is 0 Å². The number of amides is 3. The summed E-state index contributed by atoms with van der Waals surface area (Å²) >= 11 is 0. The number of anilines is 1. The largest absolute Gasteiger partial charge is 0.497 e. The van der Waals surface area contributed by atoms with Crippen LogP contribution in [0.3, 0.4) is 0 Å². The molecule has 0 radical (unpaired) electrons. The highest BCUT2D eigenvalue weighted by atomic mass is 32.3. The maximum atomic E-state index is 13.2. The second kappa shape index (κ2) is 9.96. The van der Waals surface area contributed by atoms with E-state index >= 15 is 0 Å². The second-order valence-corrected chi connectivity index (χ2v) is 12.7. The molecule has 8 nitrogen and oxygen atoms in total. The van der Waals surface area contributed by atoms with Gasteiger partial charge in [-0.25, -0.2) is 10.0 Å². The molecule has 1 aliphatic rings. The predicted octanol–water partition coefficient (Wildman–Crippen LogP) is 2.55. The molecular weight excluding hydrogens is 440 g/mol. The molecule has 2 aromatic carbocycles. The average Bonchev–Trinajstić information content (AvgIpc) is 3.23. The smallest absolute Gasteiger partial charge is 0.251 e. The fourth-order valence-electron chi connectivity index (χ4n) is 3.59. The van der Waals surface area contributed by atoms with E-state index in [9.17, 15) is 19.6 Å². The number of benzene rings is 2. The Kier molecular flexibility index (Phi) is 7.29. The zero-order chi connectivity index (χ0) is 24.2. The highest BCUT2D eigenvalue weighted by molar-refractivity contribution is 8.32. The molecule has 2 atom stereocenters. The lowest BCUT2D eigenvalue weighted by Crippen LogP contribution is -2.40. The van der Waals surface area contributed by atoms with Gasteiger partial charge in [0.1, 0.15) is 17.9 Å². The van der Waals surface area contributed by atoms with Crippen molar-refractivity contribution >= 4 is 33.4 Å². The van der Waals surface area contributed by atoms with Gasteiger partial charge >= 0.3 is 0 Å². The molecule has 0 aliphatic carbocycles. The maximum absolute atomic E-state index is 13.2. The Bertz CT molecular complexity index is 1100. The minimum Gasteiger partial charge on any atom is -0.497 e. The van der Waals surface area contributed by atoms with E-state index < -0.39 is 27.9 Å². The molecule has 33 heavy (non-hydrogen) atoms. The Morgan fingerprint density at radius 1 is 1.18 bits per heavy atom. The van der Waals surface area contributed by atoms with E-state index in [1.165, 1.54) is 0 Å². The molecule has 3 N–H and O–H groups in total. The predicted molar refractivity (Wildman–Crippen MR) is 128 cm³/mol. The van der Waals surface area contributed by atoms with E-state index in [0.717, 1.165) is 4.90 Å². The molecule has 1 heterocycles. The number of methoxy groups -OCH3 is 1. The van der Waals surface area contributed by atoms with Crippen molar-refractivity contribution < 1.29 is 19.1 Å². The van der Waals surface area contributed by atoms with Crippen molar-refractivity contribution in [3.8, 4) is 11.8 Å². The normalized spacial score (nSPS) is 16.8. The van der Waals surface area contributed by atoms with E-state index in [0.29, 0.717) is 22.6 Å². The van der Waals surface area contributed by atoms with Crippen molar-refractivity contribution in [1.82, 2.24) is 10.6 Å². The van der Waals surface area contributed by atoms with Gasteiger partial charge in [-0.2, -0.15) is 5.26 Å². The molecule has 3 rings (SSSR count). The Morgan fingerprint density at radius 2 is 1.88 bits per heavy atom. The highest BCUT2D eigenvalue weighted by Crippen LogP contribution is 2.47. The first-order valence-corrected chi connectivity index (χ1v) is 13.2. The van der Waals surface area contributed by atoms with Crippen molar-refractivity contribution in [2.24, 2.45) is 5.92 Å². The minimum absolute atomic E-state index is 0.0882. The van der Waals surface area contributed by atoms with Gasteiger partial charge in [0.25, 0.3) is 5.91 Å². The lowest BCUT2D eigenvalue weighted by Gasteiger charge is -2.27. The number of nitrogens with zero attached hydrogens (tertiary/aromatic N) is 1. The molecular formula is C24H28N4O4S. The molecule has 9 heteroatoms. The van der Waals surface area contributed by atoms with Crippen molar-refractivity contribution in [2.45, 2.75) is 17.4 Å². The average molecular weight is 469 g/mol. The van der Waals surface area contributed by atoms with E-state index in [1.54, 1.807) is 43.5 Å². The summed E-state index contributed by atoms with van der Waals surface area (Å²) in [4.78, 5) is 38.5. The molecule has 1 saturated heterocycles. The number of carbonyl (C=O) groups is 3. The van der Waals surface area contributed by atoms with Gasteiger partial charge in [-0.3, -0.25) is 14.4 Å². The van der Waals surface area contributed by atoms with Gasteiger partial charge in [-0.1, -0.05) is 12.1 Å². The Morgan fingerprint density at radius 3 is 2.42 bits per heavy atom. The minimum atomic E-state index is -1.12. The molecule has 1 fully saturated rings. The van der Waals surface area contributed by atoms with Gasteiger partial charge in [0.2, 0.25) is 11.8 Å². The first-order chi connectivity index (χ1) is 15.6. The molecule has 0 saturated carbocycles. The van der Waals surface area contributed by atoms with Crippen LogP contribution < -0.4 is 20.7 Å². The SMILES string of the molecule is COc1ccc(C(NC(=O)C2CNC(=O)C2)C(=O)Nc2ccc(S(C)(C)C)c(C#N)c2)cc1. The van der Waals surface area contributed by atoms with E-state index in [2.05, 4.69) is 40.8 Å². The summed E-state index contributed by atoms with van der Waals surface area (Å²) in [7, 11) is 0.418. The van der Waals surface area contributed by atoms with Crippen LogP contribution in [0.25, 0.3) is 0 Å². The van der Waals surface area contributed by atoms with Crippen LogP contribution in [0, 0.1) is 17.2 Å². The monoisotopic (exact) mass is 468 g/mol. The third-order valence-electron chi connectivity index (χ3n) is 5.37.